The van der Waals surface area contributed by atoms with Crippen molar-refractivity contribution in [2.75, 3.05) is 0 Å². The molecule has 0 amide bonds. The van der Waals surface area contributed by atoms with Gasteiger partial charge in [0.15, 0.2) is 0 Å². The van der Waals surface area contributed by atoms with Crippen LogP contribution >= 0.6 is 0 Å². The maximum absolute atomic E-state index is 2.48. The van der Waals surface area contributed by atoms with Crippen molar-refractivity contribution in [1.29, 1.82) is 0 Å². The average Bonchev–Trinajstić information content (AvgIpc) is 2.76. The predicted molar refractivity (Wildman–Crippen MR) is 140 cm³/mol. The van der Waals surface area contributed by atoms with Crippen molar-refractivity contribution in [2.45, 2.75) is 156 Å². The van der Waals surface area contributed by atoms with E-state index in [1.165, 1.54) is 140 Å². The molecule has 0 aliphatic rings. The van der Waals surface area contributed by atoms with E-state index in [2.05, 4.69) is 51.2 Å². The van der Waals surface area contributed by atoms with Gasteiger partial charge in [0.2, 0.25) is 0 Å². The zero-order valence-corrected chi connectivity index (χ0v) is 21.2. The molecule has 0 aromatic heterocycles. The van der Waals surface area contributed by atoms with E-state index in [4.69, 9.17) is 0 Å². The maximum atomic E-state index is 2.48. The molecule has 0 bridgehead atoms. The Labute approximate surface area is 191 Å². The molecule has 0 heteroatoms. The van der Waals surface area contributed by atoms with E-state index in [1.54, 1.807) is 0 Å². The van der Waals surface area contributed by atoms with Crippen molar-refractivity contribution in [2.24, 2.45) is 0 Å². The molecule has 0 aliphatic carbocycles. The van der Waals surface area contributed by atoms with Crippen molar-refractivity contribution in [3.63, 3.8) is 0 Å². The quantitative estimate of drug-likeness (QED) is 0.115. The first-order chi connectivity index (χ1) is 14.8. The Morgan fingerprint density at radius 1 is 0.400 bits per heavy atom. The Hall–Kier alpha value is -0.780. The van der Waals surface area contributed by atoms with Crippen LogP contribution in [0.1, 0.15) is 156 Å². The molecule has 0 saturated heterocycles. The molecule has 0 aromatic rings. The second kappa shape index (κ2) is 26.3. The zero-order valence-electron chi connectivity index (χ0n) is 21.2. The van der Waals surface area contributed by atoms with Crippen LogP contribution in [0.4, 0.5) is 0 Å². The molecule has 0 nitrogen and oxygen atoms in total. The van der Waals surface area contributed by atoms with Crippen molar-refractivity contribution >= 4 is 0 Å². The fourth-order valence-electron chi connectivity index (χ4n) is 3.91. The Bertz CT molecular complexity index is 398. The highest BCUT2D eigenvalue weighted by molar-refractivity contribution is 5.30. The smallest absolute Gasteiger partial charge is 0.0303 e. The van der Waals surface area contributed by atoms with Gasteiger partial charge < -0.3 is 0 Å². The third-order valence-corrected chi connectivity index (χ3v) is 6.01. The fourth-order valence-corrected chi connectivity index (χ4v) is 3.91. The molecule has 0 aliphatic heterocycles. The van der Waals surface area contributed by atoms with Gasteiger partial charge in [-0.3, -0.25) is 0 Å². The fraction of sp³-hybridized carbons (Fsp3) is 0.800. The van der Waals surface area contributed by atoms with E-state index < -0.39 is 0 Å². The van der Waals surface area contributed by atoms with E-state index in [0.29, 0.717) is 0 Å². The normalized spacial score (nSPS) is 12.6. The minimum atomic E-state index is 1.24. The van der Waals surface area contributed by atoms with Crippen LogP contribution in [0, 0.1) is 0 Å². The number of rotatable bonds is 23. The van der Waals surface area contributed by atoms with Crippen molar-refractivity contribution in [3.05, 3.63) is 36.0 Å². The molecule has 0 N–H and O–H groups in total. The number of hydrogen-bond donors (Lipinski definition) is 0. The SMILES string of the molecule is CCCCCCCC=CC(C=CCCCCCCCC)=CCCCCCCCCC. The summed E-state index contributed by atoms with van der Waals surface area (Å²) in [6.45, 7) is 6.88. The number of hydrogen-bond acceptors (Lipinski definition) is 0. The lowest BCUT2D eigenvalue weighted by Gasteiger charge is -2.01. The monoisotopic (exact) mass is 416 g/mol. The second-order valence-corrected chi connectivity index (χ2v) is 9.18. The molecule has 0 spiro atoms. The highest BCUT2D eigenvalue weighted by Crippen LogP contribution is 2.13. The van der Waals surface area contributed by atoms with Crippen LogP contribution < -0.4 is 0 Å². The predicted octanol–water partition coefficient (Wildman–Crippen LogP) is 11.3. The van der Waals surface area contributed by atoms with Gasteiger partial charge in [0.1, 0.15) is 0 Å². The molecule has 0 unspecified atom stereocenters. The minimum absolute atomic E-state index is 1.24. The molecule has 0 saturated carbocycles. The molecule has 0 radical (unpaired) electrons. The van der Waals surface area contributed by atoms with Crippen molar-refractivity contribution in [3.8, 4) is 0 Å². The lowest BCUT2D eigenvalue weighted by atomic mass is 10.1. The summed E-state index contributed by atoms with van der Waals surface area (Å²) in [7, 11) is 0. The Morgan fingerprint density at radius 2 is 0.733 bits per heavy atom. The lowest BCUT2D eigenvalue weighted by Crippen LogP contribution is -1.81. The average molecular weight is 417 g/mol. The topological polar surface area (TPSA) is 0 Å². The van der Waals surface area contributed by atoms with Crippen molar-refractivity contribution < 1.29 is 0 Å². The van der Waals surface area contributed by atoms with Gasteiger partial charge in [0, 0.05) is 0 Å². The molecule has 0 rings (SSSR count). The van der Waals surface area contributed by atoms with Crippen LogP contribution in [-0.2, 0) is 0 Å². The summed E-state index contributed by atoms with van der Waals surface area (Å²) in [5, 5.41) is 0. The first kappa shape index (κ1) is 29.2. The van der Waals surface area contributed by atoms with Crippen LogP contribution in [0.25, 0.3) is 0 Å². The third-order valence-electron chi connectivity index (χ3n) is 6.01. The first-order valence-electron chi connectivity index (χ1n) is 13.9. The van der Waals surface area contributed by atoms with Gasteiger partial charge in [-0.1, -0.05) is 147 Å². The van der Waals surface area contributed by atoms with Gasteiger partial charge >= 0.3 is 0 Å². The van der Waals surface area contributed by atoms with Gasteiger partial charge in [-0.15, -0.1) is 0 Å². The molecular formula is C30H56. The van der Waals surface area contributed by atoms with Gasteiger partial charge in [-0.05, 0) is 44.1 Å². The maximum Gasteiger partial charge on any atom is -0.0303 e. The second-order valence-electron chi connectivity index (χ2n) is 9.18. The van der Waals surface area contributed by atoms with Gasteiger partial charge in [0.25, 0.3) is 0 Å². The summed E-state index contributed by atoms with van der Waals surface area (Å²) >= 11 is 0. The van der Waals surface area contributed by atoms with Gasteiger partial charge in [-0.2, -0.15) is 0 Å². The molecule has 0 heterocycles. The first-order valence-corrected chi connectivity index (χ1v) is 13.9. The van der Waals surface area contributed by atoms with E-state index >= 15 is 0 Å². The number of allylic oxidation sites excluding steroid dienone is 6. The van der Waals surface area contributed by atoms with E-state index in [0.717, 1.165) is 0 Å². The third kappa shape index (κ3) is 23.5. The Morgan fingerprint density at radius 3 is 1.13 bits per heavy atom. The van der Waals surface area contributed by atoms with Gasteiger partial charge in [-0.25, -0.2) is 0 Å². The standard InChI is InChI=1S/C30H56/c1-4-7-10-13-16-19-22-25-28-30(27-24-21-18-15-12-9-6-3)29-26-23-20-17-14-11-8-5-2/h24-25,27-29H,4-23,26H2,1-3H3. The molecule has 0 atom stereocenters. The number of unbranched alkanes of at least 4 members (excludes halogenated alkanes) is 18. The molecule has 0 fully saturated rings. The molecule has 0 aromatic carbocycles. The summed E-state index contributed by atoms with van der Waals surface area (Å²) in [6, 6.07) is 0. The molecule has 30 heavy (non-hydrogen) atoms. The van der Waals surface area contributed by atoms with Crippen LogP contribution in [0.3, 0.4) is 0 Å². The van der Waals surface area contributed by atoms with E-state index in [9.17, 15) is 0 Å². The summed E-state index contributed by atoms with van der Waals surface area (Å²) in [5.41, 5.74) is 1.44. The van der Waals surface area contributed by atoms with Gasteiger partial charge in [0.05, 0.1) is 0 Å². The van der Waals surface area contributed by atoms with E-state index in [-0.39, 0.29) is 0 Å². The summed E-state index contributed by atoms with van der Waals surface area (Å²) in [6.07, 6.45) is 40.8. The van der Waals surface area contributed by atoms with Crippen LogP contribution in [0.15, 0.2) is 36.0 Å². The summed E-state index contributed by atoms with van der Waals surface area (Å²) < 4.78 is 0. The highest BCUT2D eigenvalue weighted by atomic mass is 14.0. The Balaban J connectivity index is 4.17. The van der Waals surface area contributed by atoms with Crippen LogP contribution in [0.2, 0.25) is 0 Å². The van der Waals surface area contributed by atoms with Crippen molar-refractivity contribution in [1.82, 2.24) is 0 Å². The minimum Gasteiger partial charge on any atom is -0.0840 e. The summed E-state index contributed by atoms with van der Waals surface area (Å²) in [4.78, 5) is 0. The molecular weight excluding hydrogens is 360 g/mol. The highest BCUT2D eigenvalue weighted by Gasteiger charge is 1.93. The Kier molecular flexibility index (Phi) is 25.6. The zero-order chi connectivity index (χ0) is 22.0. The lowest BCUT2D eigenvalue weighted by molar-refractivity contribution is 0.592. The largest absolute Gasteiger partial charge is 0.0840 e. The van der Waals surface area contributed by atoms with Crippen LogP contribution in [-0.4, -0.2) is 0 Å². The molecule has 176 valence electrons. The summed E-state index contributed by atoms with van der Waals surface area (Å²) in [5.74, 6) is 0. The van der Waals surface area contributed by atoms with Crippen LogP contribution in [0.5, 0.6) is 0 Å². The van der Waals surface area contributed by atoms with E-state index in [1.807, 2.05) is 0 Å².